The van der Waals surface area contributed by atoms with E-state index >= 15 is 0 Å². The minimum absolute atomic E-state index is 0.127. The maximum absolute atomic E-state index is 13.1. The van der Waals surface area contributed by atoms with Crippen molar-refractivity contribution in [3.05, 3.63) is 64.9 Å². The van der Waals surface area contributed by atoms with Gasteiger partial charge in [0, 0.05) is 24.4 Å². The number of aliphatic hydroxyl groups excluding tert-OH is 1. The molecule has 0 aromatic heterocycles. The molecule has 11 heteroatoms. The van der Waals surface area contributed by atoms with Crippen molar-refractivity contribution in [2.75, 3.05) is 6.54 Å². The van der Waals surface area contributed by atoms with Gasteiger partial charge in [0.2, 0.25) is 15.9 Å². The van der Waals surface area contributed by atoms with Crippen LogP contribution in [0.4, 0.5) is 4.39 Å². The van der Waals surface area contributed by atoms with E-state index < -0.39 is 45.9 Å². The first-order valence-electron chi connectivity index (χ1n) is 9.31. The zero-order valence-electron chi connectivity index (χ0n) is 16.1. The molecule has 3 atom stereocenters. The van der Waals surface area contributed by atoms with Crippen LogP contribution in [0.25, 0.3) is 0 Å². The molecule has 31 heavy (non-hydrogen) atoms. The number of carboxylic acids is 1. The largest absolute Gasteiger partial charge is 0.480 e. The second-order valence-corrected chi connectivity index (χ2v) is 9.49. The van der Waals surface area contributed by atoms with Gasteiger partial charge in [0.15, 0.2) is 0 Å². The Morgan fingerprint density at radius 1 is 1.23 bits per heavy atom. The molecule has 166 valence electrons. The number of carbonyl (C=O) groups excluding carboxylic acids is 1. The highest BCUT2D eigenvalue weighted by atomic mass is 35.5. The summed E-state index contributed by atoms with van der Waals surface area (Å²) in [5, 5.41) is 22.0. The number of benzene rings is 2. The molecule has 2 aromatic carbocycles. The number of β-amino-alcohol motifs (C(OH)–C–C–N with tert-alkyl or cyclic N) is 1. The lowest BCUT2D eigenvalue weighted by Gasteiger charge is -2.25. The number of halogens is 2. The molecule has 0 aliphatic carbocycles. The monoisotopic (exact) mass is 470 g/mol. The quantitative estimate of drug-likeness (QED) is 0.562. The predicted molar refractivity (Wildman–Crippen MR) is 109 cm³/mol. The molecule has 8 nitrogen and oxygen atoms in total. The second-order valence-electron chi connectivity index (χ2n) is 7.17. The van der Waals surface area contributed by atoms with Crippen LogP contribution in [0.2, 0.25) is 5.02 Å². The summed E-state index contributed by atoms with van der Waals surface area (Å²) >= 11 is 5.88. The Hall–Kier alpha value is -2.53. The van der Waals surface area contributed by atoms with Crippen LogP contribution in [0.3, 0.4) is 0 Å². The van der Waals surface area contributed by atoms with Crippen molar-refractivity contribution in [1.29, 1.82) is 0 Å². The molecule has 2 unspecified atom stereocenters. The van der Waals surface area contributed by atoms with Crippen molar-refractivity contribution in [3.8, 4) is 0 Å². The highest BCUT2D eigenvalue weighted by Gasteiger charge is 2.44. The van der Waals surface area contributed by atoms with Crippen LogP contribution in [0, 0.1) is 5.82 Å². The fourth-order valence-corrected chi connectivity index (χ4v) is 5.31. The van der Waals surface area contributed by atoms with E-state index in [0.29, 0.717) is 5.56 Å². The average molecular weight is 471 g/mol. The summed E-state index contributed by atoms with van der Waals surface area (Å²) in [4.78, 5) is 24.3. The Balaban J connectivity index is 1.81. The lowest BCUT2D eigenvalue weighted by molar-refractivity contribution is -0.142. The van der Waals surface area contributed by atoms with E-state index in [-0.39, 0.29) is 29.3 Å². The molecular formula is C20H20ClFN2O6S. The number of carbonyl (C=O) groups is 2. The molecule has 1 aliphatic heterocycles. The van der Waals surface area contributed by atoms with Gasteiger partial charge in [-0.3, -0.25) is 4.79 Å². The fraction of sp³-hybridized carbons (Fsp3) is 0.300. The van der Waals surface area contributed by atoms with E-state index in [2.05, 4.69) is 5.32 Å². The molecule has 1 aliphatic rings. The summed E-state index contributed by atoms with van der Waals surface area (Å²) in [6.45, 7) is -0.317. The zero-order chi connectivity index (χ0) is 22.8. The van der Waals surface area contributed by atoms with Crippen molar-refractivity contribution in [1.82, 2.24) is 9.62 Å². The van der Waals surface area contributed by atoms with Crippen molar-refractivity contribution in [2.45, 2.75) is 35.9 Å². The van der Waals surface area contributed by atoms with Crippen LogP contribution in [0.5, 0.6) is 0 Å². The van der Waals surface area contributed by atoms with E-state index in [0.717, 1.165) is 4.31 Å². The van der Waals surface area contributed by atoms with Crippen LogP contribution in [-0.2, 0) is 26.0 Å². The van der Waals surface area contributed by atoms with Gasteiger partial charge in [-0.2, -0.15) is 4.31 Å². The molecule has 0 bridgehead atoms. The first-order valence-corrected chi connectivity index (χ1v) is 11.1. The summed E-state index contributed by atoms with van der Waals surface area (Å²) in [6, 6.07) is 7.95. The molecule has 0 saturated carbocycles. The third-order valence-electron chi connectivity index (χ3n) is 4.91. The molecule has 1 saturated heterocycles. The van der Waals surface area contributed by atoms with Gasteiger partial charge >= 0.3 is 5.97 Å². The Labute approximate surface area is 183 Å². The first kappa shape index (κ1) is 23.1. The average Bonchev–Trinajstić information content (AvgIpc) is 3.11. The number of aliphatic hydroxyl groups is 1. The smallest absolute Gasteiger partial charge is 0.326 e. The number of hydrogen-bond acceptors (Lipinski definition) is 5. The molecule has 0 radical (unpaired) electrons. The third kappa shape index (κ3) is 5.40. The minimum atomic E-state index is -4.17. The van der Waals surface area contributed by atoms with Gasteiger partial charge in [0.05, 0.1) is 11.0 Å². The molecule has 2 aromatic rings. The fourth-order valence-electron chi connectivity index (χ4n) is 3.38. The van der Waals surface area contributed by atoms with E-state index in [1.165, 1.54) is 48.5 Å². The molecule has 1 amide bonds. The number of nitrogens with one attached hydrogen (secondary N) is 1. The van der Waals surface area contributed by atoms with Gasteiger partial charge in [-0.1, -0.05) is 29.8 Å². The normalized spacial score (nSPS) is 20.4. The van der Waals surface area contributed by atoms with E-state index in [9.17, 15) is 32.6 Å². The van der Waals surface area contributed by atoms with Gasteiger partial charge in [-0.05, 0) is 35.9 Å². The lowest BCUT2D eigenvalue weighted by Crippen LogP contribution is -2.51. The number of carboxylic acid groups (broad SMARTS) is 1. The van der Waals surface area contributed by atoms with Crippen molar-refractivity contribution in [3.63, 3.8) is 0 Å². The van der Waals surface area contributed by atoms with E-state index in [1.54, 1.807) is 0 Å². The maximum Gasteiger partial charge on any atom is 0.326 e. The van der Waals surface area contributed by atoms with Crippen molar-refractivity contribution in [2.24, 2.45) is 0 Å². The number of aliphatic carboxylic acids is 1. The van der Waals surface area contributed by atoms with Crippen molar-refractivity contribution < 1.29 is 32.6 Å². The Morgan fingerprint density at radius 2 is 1.90 bits per heavy atom. The zero-order valence-corrected chi connectivity index (χ0v) is 17.7. The summed E-state index contributed by atoms with van der Waals surface area (Å²) in [5.41, 5.74) is 0.476. The highest BCUT2D eigenvalue weighted by Crippen LogP contribution is 2.28. The Morgan fingerprint density at radius 3 is 2.52 bits per heavy atom. The molecule has 0 spiro atoms. The topological polar surface area (TPSA) is 124 Å². The lowest BCUT2D eigenvalue weighted by atomic mass is 10.1. The standard InChI is InChI=1S/C20H20ClFN2O6S/c21-13-2-1-3-16(9-13)31(29,30)24-11-15(25)10-18(24)19(26)23-17(20(27)28)8-12-4-6-14(22)7-5-12/h1-7,9,15,17-18,25H,8,10-11H2,(H,23,26)(H,27,28)/t15-,17?,18?/m1/s1. The van der Waals surface area contributed by atoms with Crippen molar-refractivity contribution >= 4 is 33.5 Å². The Bertz CT molecular complexity index is 1080. The van der Waals surface area contributed by atoms with Gasteiger partial charge in [-0.15, -0.1) is 0 Å². The minimum Gasteiger partial charge on any atom is -0.480 e. The molecule has 3 rings (SSSR count). The first-order chi connectivity index (χ1) is 14.6. The van der Waals surface area contributed by atoms with Crippen LogP contribution >= 0.6 is 11.6 Å². The van der Waals surface area contributed by atoms with Crippen LogP contribution in [0.15, 0.2) is 53.4 Å². The predicted octanol–water partition coefficient (Wildman–Crippen LogP) is 1.42. The number of amides is 1. The summed E-state index contributed by atoms with van der Waals surface area (Å²) in [7, 11) is -4.17. The Kier molecular flexibility index (Phi) is 6.95. The molecular weight excluding hydrogens is 451 g/mol. The summed E-state index contributed by atoms with van der Waals surface area (Å²) in [6.07, 6.45) is -1.41. The third-order valence-corrected chi connectivity index (χ3v) is 7.01. The van der Waals surface area contributed by atoms with Gasteiger partial charge < -0.3 is 15.5 Å². The van der Waals surface area contributed by atoms with Crippen LogP contribution in [-0.4, -0.2) is 59.5 Å². The number of hydrogen-bond donors (Lipinski definition) is 3. The van der Waals surface area contributed by atoms with Gasteiger partial charge in [0.25, 0.3) is 0 Å². The molecule has 3 N–H and O–H groups in total. The van der Waals surface area contributed by atoms with Crippen LogP contribution < -0.4 is 5.32 Å². The summed E-state index contributed by atoms with van der Waals surface area (Å²) in [5.74, 6) is -2.67. The number of rotatable bonds is 7. The summed E-state index contributed by atoms with van der Waals surface area (Å²) < 4.78 is 39.9. The maximum atomic E-state index is 13.1. The molecule has 1 heterocycles. The van der Waals surface area contributed by atoms with Crippen LogP contribution in [0.1, 0.15) is 12.0 Å². The molecule has 1 fully saturated rings. The number of sulfonamides is 1. The SMILES string of the molecule is O=C(O)C(Cc1ccc(F)cc1)NC(=O)C1C[C@@H](O)CN1S(=O)(=O)c1cccc(Cl)c1. The highest BCUT2D eigenvalue weighted by molar-refractivity contribution is 7.89. The van der Waals surface area contributed by atoms with E-state index in [4.69, 9.17) is 11.6 Å². The van der Waals surface area contributed by atoms with Gasteiger partial charge in [0.1, 0.15) is 17.9 Å². The second kappa shape index (κ2) is 9.31. The van der Waals surface area contributed by atoms with Gasteiger partial charge in [-0.25, -0.2) is 17.6 Å². The number of nitrogens with zero attached hydrogens (tertiary/aromatic N) is 1. The van der Waals surface area contributed by atoms with E-state index in [1.807, 2.05) is 0 Å².